The maximum absolute atomic E-state index is 14.0. The molecule has 1 aromatic heterocycles. The van der Waals surface area contributed by atoms with Crippen molar-refractivity contribution < 1.29 is 9.13 Å². The number of nitrogens with two attached hydrogens (primary N) is 1. The van der Waals surface area contributed by atoms with Gasteiger partial charge in [0.05, 0.1) is 0 Å². The van der Waals surface area contributed by atoms with Crippen LogP contribution >= 0.6 is 0 Å². The third-order valence-corrected chi connectivity index (χ3v) is 3.51. The van der Waals surface area contributed by atoms with E-state index >= 15 is 0 Å². The van der Waals surface area contributed by atoms with Gasteiger partial charge in [0.1, 0.15) is 35.2 Å². The quantitative estimate of drug-likeness (QED) is 0.786. The van der Waals surface area contributed by atoms with Gasteiger partial charge in [-0.25, -0.2) is 9.07 Å². The smallest absolute Gasteiger partial charge is 0.148 e. The molecule has 0 saturated heterocycles. The second-order valence-electron chi connectivity index (χ2n) is 5.15. The van der Waals surface area contributed by atoms with E-state index in [-0.39, 0.29) is 19.0 Å². The normalized spacial score (nSPS) is 10.7. The first-order valence-electron chi connectivity index (χ1n) is 7.27. The van der Waals surface area contributed by atoms with Crippen LogP contribution in [0.2, 0.25) is 0 Å². The summed E-state index contributed by atoms with van der Waals surface area (Å²) in [4.78, 5) is 0. The number of ether oxygens (including phenoxy) is 1. The minimum absolute atomic E-state index is 0.205. The standard InChI is InChI=1S/C17H17FN4O/c1-12-6-8-13(9-7-12)23-11-17-15(10-19)20-21-22(17)16-5-3-2-4-14(16)18/h2-9H,10-11,19H2,1H3. The molecule has 0 unspecified atom stereocenters. The zero-order valence-corrected chi connectivity index (χ0v) is 12.7. The van der Waals surface area contributed by atoms with E-state index in [1.807, 2.05) is 31.2 Å². The van der Waals surface area contributed by atoms with Gasteiger partial charge in [0.25, 0.3) is 0 Å². The van der Waals surface area contributed by atoms with Crippen LogP contribution in [0.5, 0.6) is 5.75 Å². The molecular weight excluding hydrogens is 295 g/mol. The van der Waals surface area contributed by atoms with E-state index in [1.54, 1.807) is 18.2 Å². The van der Waals surface area contributed by atoms with Gasteiger partial charge in [-0.2, -0.15) is 0 Å². The summed E-state index contributed by atoms with van der Waals surface area (Å²) >= 11 is 0. The van der Waals surface area contributed by atoms with Gasteiger partial charge in [-0.05, 0) is 31.2 Å². The van der Waals surface area contributed by atoms with Crippen molar-refractivity contribution in [2.24, 2.45) is 5.73 Å². The molecule has 0 saturated carbocycles. The Labute approximate surface area is 133 Å². The molecule has 23 heavy (non-hydrogen) atoms. The molecule has 0 amide bonds. The van der Waals surface area contributed by atoms with E-state index < -0.39 is 0 Å². The number of hydrogen-bond donors (Lipinski definition) is 1. The average molecular weight is 312 g/mol. The second kappa shape index (κ2) is 6.58. The third-order valence-electron chi connectivity index (χ3n) is 3.51. The Morgan fingerprint density at radius 2 is 1.87 bits per heavy atom. The van der Waals surface area contributed by atoms with Gasteiger partial charge >= 0.3 is 0 Å². The summed E-state index contributed by atoms with van der Waals surface area (Å²) in [5, 5.41) is 8.03. The number of para-hydroxylation sites is 1. The molecular formula is C17H17FN4O. The topological polar surface area (TPSA) is 66.0 Å². The zero-order valence-electron chi connectivity index (χ0n) is 12.7. The molecule has 118 valence electrons. The zero-order chi connectivity index (χ0) is 16.2. The fraction of sp³-hybridized carbons (Fsp3) is 0.176. The molecule has 3 aromatic rings. The van der Waals surface area contributed by atoms with Crippen LogP contribution in [-0.4, -0.2) is 15.0 Å². The predicted molar refractivity (Wildman–Crippen MR) is 84.7 cm³/mol. The second-order valence-corrected chi connectivity index (χ2v) is 5.15. The minimum atomic E-state index is -0.377. The van der Waals surface area contributed by atoms with Crippen LogP contribution < -0.4 is 10.5 Å². The Balaban J connectivity index is 1.90. The van der Waals surface area contributed by atoms with E-state index in [1.165, 1.54) is 10.7 Å². The Morgan fingerprint density at radius 1 is 1.13 bits per heavy atom. The van der Waals surface area contributed by atoms with Gasteiger partial charge in [-0.15, -0.1) is 5.10 Å². The Morgan fingerprint density at radius 3 is 2.57 bits per heavy atom. The van der Waals surface area contributed by atoms with E-state index in [0.717, 1.165) is 11.3 Å². The fourth-order valence-electron chi connectivity index (χ4n) is 2.24. The number of rotatable bonds is 5. The SMILES string of the molecule is Cc1ccc(OCc2c(CN)nnn2-c2ccccc2F)cc1. The predicted octanol–water partition coefficient (Wildman–Crippen LogP) is 2.75. The summed E-state index contributed by atoms with van der Waals surface area (Å²) in [6, 6.07) is 14.1. The van der Waals surface area contributed by atoms with Crippen LogP contribution in [0, 0.1) is 12.7 Å². The molecule has 3 rings (SSSR count). The van der Waals surface area contributed by atoms with Gasteiger partial charge in [0, 0.05) is 6.54 Å². The van der Waals surface area contributed by atoms with E-state index in [9.17, 15) is 4.39 Å². The molecule has 1 heterocycles. The molecule has 0 spiro atoms. The van der Waals surface area contributed by atoms with E-state index in [0.29, 0.717) is 17.1 Å². The lowest BCUT2D eigenvalue weighted by atomic mass is 10.2. The number of hydrogen-bond acceptors (Lipinski definition) is 4. The molecule has 0 atom stereocenters. The van der Waals surface area contributed by atoms with Gasteiger partial charge in [0.15, 0.2) is 0 Å². The monoisotopic (exact) mass is 312 g/mol. The van der Waals surface area contributed by atoms with Crippen LogP contribution in [0.3, 0.4) is 0 Å². The average Bonchev–Trinajstić information content (AvgIpc) is 2.97. The summed E-state index contributed by atoms with van der Waals surface area (Å²) in [5.41, 5.74) is 8.40. The molecule has 2 N–H and O–H groups in total. The van der Waals surface area contributed by atoms with Crippen molar-refractivity contribution in [3.8, 4) is 11.4 Å². The molecule has 0 aliphatic rings. The largest absolute Gasteiger partial charge is 0.487 e. The van der Waals surface area contributed by atoms with Crippen LogP contribution in [0.15, 0.2) is 48.5 Å². The summed E-state index contributed by atoms with van der Waals surface area (Å²) in [6.45, 7) is 2.42. The van der Waals surface area contributed by atoms with Gasteiger partial charge in [0.2, 0.25) is 0 Å². The highest BCUT2D eigenvalue weighted by molar-refractivity contribution is 5.35. The first kappa shape index (κ1) is 15.2. The molecule has 5 nitrogen and oxygen atoms in total. The van der Waals surface area contributed by atoms with E-state index in [2.05, 4.69) is 10.3 Å². The maximum atomic E-state index is 14.0. The Kier molecular flexibility index (Phi) is 4.34. The number of aromatic nitrogens is 3. The number of halogens is 1. The summed E-state index contributed by atoms with van der Waals surface area (Å²) in [7, 11) is 0. The molecule has 2 aromatic carbocycles. The molecule has 0 aliphatic heterocycles. The van der Waals surface area contributed by atoms with Crippen molar-refractivity contribution >= 4 is 0 Å². The summed E-state index contributed by atoms with van der Waals surface area (Å²) < 4.78 is 21.2. The fourth-order valence-corrected chi connectivity index (χ4v) is 2.24. The lowest BCUT2D eigenvalue weighted by Crippen LogP contribution is -2.10. The van der Waals surface area contributed by atoms with Crippen molar-refractivity contribution in [2.75, 3.05) is 0 Å². The lowest BCUT2D eigenvalue weighted by molar-refractivity contribution is 0.296. The summed E-state index contributed by atoms with van der Waals surface area (Å²) in [5.74, 6) is 0.345. The highest BCUT2D eigenvalue weighted by Crippen LogP contribution is 2.19. The van der Waals surface area contributed by atoms with Gasteiger partial charge in [-0.3, -0.25) is 0 Å². The maximum Gasteiger partial charge on any atom is 0.148 e. The number of benzene rings is 2. The highest BCUT2D eigenvalue weighted by Gasteiger charge is 2.16. The number of nitrogens with zero attached hydrogens (tertiary/aromatic N) is 3. The van der Waals surface area contributed by atoms with E-state index in [4.69, 9.17) is 10.5 Å². The van der Waals surface area contributed by atoms with Crippen molar-refractivity contribution in [2.45, 2.75) is 20.1 Å². The van der Waals surface area contributed by atoms with Crippen molar-refractivity contribution in [1.82, 2.24) is 15.0 Å². The summed E-state index contributed by atoms with van der Waals surface area (Å²) in [6.07, 6.45) is 0. The lowest BCUT2D eigenvalue weighted by Gasteiger charge is -2.10. The molecule has 0 fully saturated rings. The van der Waals surface area contributed by atoms with Crippen molar-refractivity contribution in [3.05, 3.63) is 71.3 Å². The Bertz CT molecular complexity index is 799. The third kappa shape index (κ3) is 3.22. The van der Waals surface area contributed by atoms with Crippen LogP contribution in [0.25, 0.3) is 5.69 Å². The number of aryl methyl sites for hydroxylation is 1. The van der Waals surface area contributed by atoms with Crippen LogP contribution in [-0.2, 0) is 13.2 Å². The van der Waals surface area contributed by atoms with Crippen molar-refractivity contribution in [3.63, 3.8) is 0 Å². The van der Waals surface area contributed by atoms with Crippen molar-refractivity contribution in [1.29, 1.82) is 0 Å². The Hall–Kier alpha value is -2.73. The molecule has 0 aliphatic carbocycles. The minimum Gasteiger partial charge on any atom is -0.487 e. The first-order valence-corrected chi connectivity index (χ1v) is 7.27. The molecule has 0 bridgehead atoms. The molecule has 6 heteroatoms. The first-order chi connectivity index (χ1) is 11.2. The molecule has 0 radical (unpaired) electrons. The van der Waals surface area contributed by atoms with Crippen LogP contribution in [0.4, 0.5) is 4.39 Å². The van der Waals surface area contributed by atoms with Gasteiger partial charge < -0.3 is 10.5 Å². The highest BCUT2D eigenvalue weighted by atomic mass is 19.1. The van der Waals surface area contributed by atoms with Crippen LogP contribution in [0.1, 0.15) is 17.0 Å². The van der Waals surface area contributed by atoms with Gasteiger partial charge in [-0.1, -0.05) is 35.0 Å².